The van der Waals surface area contributed by atoms with E-state index in [2.05, 4.69) is 5.32 Å². The van der Waals surface area contributed by atoms with Crippen molar-refractivity contribution >= 4 is 11.6 Å². The van der Waals surface area contributed by atoms with Gasteiger partial charge in [-0.3, -0.25) is 4.79 Å². The molecule has 0 aromatic heterocycles. The van der Waals surface area contributed by atoms with E-state index >= 15 is 0 Å². The van der Waals surface area contributed by atoms with Crippen molar-refractivity contribution in [2.24, 2.45) is 11.7 Å². The fraction of sp³-hybridized carbons (Fsp3) is 0.417. The number of rotatable bonds is 3. The molecule has 0 aliphatic carbocycles. The van der Waals surface area contributed by atoms with E-state index in [1.165, 1.54) is 0 Å². The third-order valence-corrected chi connectivity index (χ3v) is 2.80. The zero-order chi connectivity index (χ0) is 11.4. The van der Waals surface area contributed by atoms with Crippen LogP contribution in [0, 0.1) is 5.92 Å². The molecule has 4 nitrogen and oxygen atoms in total. The molecule has 1 heterocycles. The molecule has 1 aliphatic heterocycles. The average molecular weight is 220 g/mol. The smallest absolute Gasteiger partial charge is 0.229 e. The maximum atomic E-state index is 11.9. The Morgan fingerprint density at radius 2 is 2.31 bits per heavy atom. The quantitative estimate of drug-likeness (QED) is 0.802. The van der Waals surface area contributed by atoms with Crippen molar-refractivity contribution in [3.8, 4) is 0 Å². The molecule has 3 N–H and O–H groups in total. The van der Waals surface area contributed by atoms with Crippen LogP contribution in [-0.2, 0) is 16.1 Å². The summed E-state index contributed by atoms with van der Waals surface area (Å²) < 4.78 is 5.19. The van der Waals surface area contributed by atoms with Gasteiger partial charge in [0, 0.05) is 18.8 Å². The maximum absolute atomic E-state index is 11.9. The Kier molecular flexibility index (Phi) is 3.54. The third-order valence-electron chi connectivity index (χ3n) is 2.80. The van der Waals surface area contributed by atoms with Gasteiger partial charge in [0.2, 0.25) is 5.91 Å². The van der Waals surface area contributed by atoms with Gasteiger partial charge in [0.25, 0.3) is 0 Å². The summed E-state index contributed by atoms with van der Waals surface area (Å²) in [5.41, 5.74) is 7.36. The van der Waals surface area contributed by atoms with Gasteiger partial charge in [-0.2, -0.15) is 0 Å². The first-order valence-corrected chi connectivity index (χ1v) is 5.48. The van der Waals surface area contributed by atoms with E-state index < -0.39 is 0 Å². The van der Waals surface area contributed by atoms with Crippen LogP contribution in [0.4, 0.5) is 5.69 Å². The highest BCUT2D eigenvalue weighted by atomic mass is 16.5. The summed E-state index contributed by atoms with van der Waals surface area (Å²) in [6.07, 6.45) is 0.802. The lowest BCUT2D eigenvalue weighted by molar-refractivity contribution is -0.119. The monoisotopic (exact) mass is 220 g/mol. The Balaban J connectivity index is 2.05. The first-order valence-electron chi connectivity index (χ1n) is 5.48. The molecule has 1 amide bonds. The van der Waals surface area contributed by atoms with E-state index in [1.54, 1.807) is 0 Å². The Morgan fingerprint density at radius 1 is 1.50 bits per heavy atom. The molecule has 1 unspecified atom stereocenters. The van der Waals surface area contributed by atoms with Gasteiger partial charge in [0.15, 0.2) is 0 Å². The van der Waals surface area contributed by atoms with Gasteiger partial charge >= 0.3 is 0 Å². The minimum atomic E-state index is -0.0224. The fourth-order valence-electron chi connectivity index (χ4n) is 1.80. The molecule has 1 aromatic carbocycles. The minimum absolute atomic E-state index is 0.0224. The SMILES string of the molecule is NCc1ccccc1NC(=O)C1CCOC1. The summed E-state index contributed by atoms with van der Waals surface area (Å²) in [5.74, 6) is 0.00392. The predicted octanol–water partition coefficient (Wildman–Crippen LogP) is 1.12. The summed E-state index contributed by atoms with van der Waals surface area (Å²) in [6, 6.07) is 7.59. The molecule has 0 spiro atoms. The lowest BCUT2D eigenvalue weighted by Gasteiger charge is -2.12. The van der Waals surface area contributed by atoms with Crippen molar-refractivity contribution in [1.82, 2.24) is 0 Å². The first-order chi connectivity index (χ1) is 7.81. The van der Waals surface area contributed by atoms with E-state index in [1.807, 2.05) is 24.3 Å². The molecule has 0 bridgehead atoms. The molecule has 0 radical (unpaired) electrons. The molecule has 4 heteroatoms. The van der Waals surface area contributed by atoms with Gasteiger partial charge in [-0.1, -0.05) is 18.2 Å². The van der Waals surface area contributed by atoms with E-state index in [9.17, 15) is 4.79 Å². The molecular weight excluding hydrogens is 204 g/mol. The normalized spacial score (nSPS) is 19.7. The van der Waals surface area contributed by atoms with Crippen molar-refractivity contribution in [2.45, 2.75) is 13.0 Å². The summed E-state index contributed by atoms with van der Waals surface area (Å²) >= 11 is 0. The Morgan fingerprint density at radius 3 is 3.00 bits per heavy atom. The number of nitrogens with two attached hydrogens (primary N) is 1. The highest BCUT2D eigenvalue weighted by molar-refractivity contribution is 5.93. The van der Waals surface area contributed by atoms with Crippen molar-refractivity contribution in [2.75, 3.05) is 18.5 Å². The minimum Gasteiger partial charge on any atom is -0.381 e. The van der Waals surface area contributed by atoms with Gasteiger partial charge in [-0.15, -0.1) is 0 Å². The average Bonchev–Trinajstić information content (AvgIpc) is 2.83. The number of carbonyl (C=O) groups is 1. The van der Waals surface area contributed by atoms with Crippen molar-refractivity contribution in [3.63, 3.8) is 0 Å². The summed E-state index contributed by atoms with van der Waals surface area (Å²) in [4.78, 5) is 11.9. The zero-order valence-corrected chi connectivity index (χ0v) is 9.11. The number of hydrogen-bond acceptors (Lipinski definition) is 3. The number of para-hydroxylation sites is 1. The second-order valence-electron chi connectivity index (χ2n) is 3.91. The van der Waals surface area contributed by atoms with E-state index in [0.29, 0.717) is 19.8 Å². The third kappa shape index (κ3) is 2.40. The molecule has 1 atom stereocenters. The number of benzene rings is 1. The lowest BCUT2D eigenvalue weighted by Crippen LogP contribution is -2.23. The molecule has 0 saturated carbocycles. The van der Waals surface area contributed by atoms with Gasteiger partial charge in [-0.05, 0) is 18.1 Å². The van der Waals surface area contributed by atoms with Gasteiger partial charge < -0.3 is 15.8 Å². The second-order valence-corrected chi connectivity index (χ2v) is 3.91. The van der Waals surface area contributed by atoms with Crippen molar-refractivity contribution in [3.05, 3.63) is 29.8 Å². The van der Waals surface area contributed by atoms with Crippen LogP contribution in [0.5, 0.6) is 0 Å². The van der Waals surface area contributed by atoms with Crippen molar-refractivity contribution < 1.29 is 9.53 Å². The standard InChI is InChI=1S/C12H16N2O2/c13-7-9-3-1-2-4-11(9)14-12(15)10-5-6-16-8-10/h1-4,10H,5-8,13H2,(H,14,15). The van der Waals surface area contributed by atoms with Crippen LogP contribution in [0.2, 0.25) is 0 Å². The predicted molar refractivity (Wildman–Crippen MR) is 61.9 cm³/mol. The van der Waals surface area contributed by atoms with E-state index in [0.717, 1.165) is 17.7 Å². The van der Waals surface area contributed by atoms with Crippen LogP contribution < -0.4 is 11.1 Å². The number of carbonyl (C=O) groups excluding carboxylic acids is 1. The van der Waals surface area contributed by atoms with Crippen LogP contribution in [0.3, 0.4) is 0 Å². The second kappa shape index (κ2) is 5.09. The number of amides is 1. The number of anilines is 1. The molecule has 1 fully saturated rings. The van der Waals surface area contributed by atoms with Crippen LogP contribution >= 0.6 is 0 Å². The molecule has 86 valence electrons. The molecule has 1 saturated heterocycles. The Hall–Kier alpha value is -1.39. The molecular formula is C12H16N2O2. The number of nitrogens with one attached hydrogen (secondary N) is 1. The molecule has 2 rings (SSSR count). The van der Waals surface area contributed by atoms with Gasteiger partial charge in [-0.25, -0.2) is 0 Å². The maximum Gasteiger partial charge on any atom is 0.229 e. The Labute approximate surface area is 94.8 Å². The van der Waals surface area contributed by atoms with Gasteiger partial charge in [0.05, 0.1) is 12.5 Å². The molecule has 1 aliphatic rings. The molecule has 1 aromatic rings. The zero-order valence-electron chi connectivity index (χ0n) is 9.11. The van der Waals surface area contributed by atoms with Gasteiger partial charge in [0.1, 0.15) is 0 Å². The van der Waals surface area contributed by atoms with Crippen LogP contribution in [0.15, 0.2) is 24.3 Å². The topological polar surface area (TPSA) is 64.3 Å². The van der Waals surface area contributed by atoms with Crippen molar-refractivity contribution in [1.29, 1.82) is 0 Å². The summed E-state index contributed by atoms with van der Waals surface area (Å²) in [7, 11) is 0. The number of ether oxygens (including phenoxy) is 1. The van der Waals surface area contributed by atoms with E-state index in [-0.39, 0.29) is 11.8 Å². The van der Waals surface area contributed by atoms with Crippen LogP contribution in [0.1, 0.15) is 12.0 Å². The summed E-state index contributed by atoms with van der Waals surface area (Å²) in [6.45, 7) is 1.63. The van der Waals surface area contributed by atoms with Crippen LogP contribution in [0.25, 0.3) is 0 Å². The highest BCUT2D eigenvalue weighted by Gasteiger charge is 2.23. The Bertz CT molecular complexity index is 373. The first kappa shape index (κ1) is 11.1. The highest BCUT2D eigenvalue weighted by Crippen LogP contribution is 2.18. The van der Waals surface area contributed by atoms with Crippen LogP contribution in [-0.4, -0.2) is 19.1 Å². The fourth-order valence-corrected chi connectivity index (χ4v) is 1.80. The number of hydrogen-bond donors (Lipinski definition) is 2. The van der Waals surface area contributed by atoms with E-state index in [4.69, 9.17) is 10.5 Å². The largest absolute Gasteiger partial charge is 0.381 e. The summed E-state index contributed by atoms with van der Waals surface area (Å²) in [5, 5.41) is 2.90. The molecule has 16 heavy (non-hydrogen) atoms. The lowest BCUT2D eigenvalue weighted by atomic mass is 10.1.